The average Bonchev–Trinajstić information content (AvgIpc) is 2.63. The molecule has 1 amide bonds. The molecule has 0 saturated carbocycles. The predicted molar refractivity (Wildman–Crippen MR) is 107 cm³/mol. The molecule has 3 nitrogen and oxygen atoms in total. The number of hydrogen-bond acceptors (Lipinski definition) is 2. The van der Waals surface area contributed by atoms with E-state index in [-0.39, 0.29) is 17.6 Å². The number of ketones is 1. The number of anilines is 1. The largest absolute Gasteiger partial charge is 0.321 e. The fraction of sp³-hybridized carbons (Fsp3) is 0.182. The van der Waals surface area contributed by atoms with E-state index in [4.69, 9.17) is 11.6 Å². The second-order valence-electron chi connectivity index (χ2n) is 6.59. The predicted octanol–water partition coefficient (Wildman–Crippen LogP) is 5.51. The molecule has 0 bridgehead atoms. The van der Waals surface area contributed by atoms with Crippen LogP contribution in [0, 0.1) is 5.92 Å². The van der Waals surface area contributed by atoms with E-state index < -0.39 is 0 Å². The molecular formula is C22H20ClNO2. The van der Waals surface area contributed by atoms with Gasteiger partial charge in [-0.2, -0.15) is 0 Å². The van der Waals surface area contributed by atoms with E-state index in [1.54, 1.807) is 18.2 Å². The van der Waals surface area contributed by atoms with Gasteiger partial charge in [0.15, 0.2) is 0 Å². The first-order valence-corrected chi connectivity index (χ1v) is 8.94. The van der Waals surface area contributed by atoms with Gasteiger partial charge in [-0.15, -0.1) is 0 Å². The van der Waals surface area contributed by atoms with Gasteiger partial charge in [0, 0.05) is 17.9 Å². The summed E-state index contributed by atoms with van der Waals surface area (Å²) in [6, 6.07) is 18.7. The number of nitrogens with one attached hydrogen (secondary N) is 1. The van der Waals surface area contributed by atoms with Gasteiger partial charge in [-0.25, -0.2) is 0 Å². The van der Waals surface area contributed by atoms with E-state index in [1.165, 1.54) is 0 Å². The number of Topliss-reactive ketones (excluding diaryl/α,β-unsaturated/α-hetero) is 1. The van der Waals surface area contributed by atoms with Crippen molar-refractivity contribution in [2.24, 2.45) is 5.92 Å². The van der Waals surface area contributed by atoms with Gasteiger partial charge >= 0.3 is 0 Å². The Kier molecular flexibility index (Phi) is 5.38. The van der Waals surface area contributed by atoms with Crippen LogP contribution in [0.3, 0.4) is 0 Å². The van der Waals surface area contributed by atoms with Crippen LogP contribution in [0.15, 0.2) is 60.7 Å². The van der Waals surface area contributed by atoms with Crippen molar-refractivity contribution in [3.05, 3.63) is 76.8 Å². The van der Waals surface area contributed by atoms with Crippen molar-refractivity contribution in [3.63, 3.8) is 0 Å². The van der Waals surface area contributed by atoms with Crippen LogP contribution in [0.4, 0.5) is 5.69 Å². The third-order valence-electron chi connectivity index (χ3n) is 4.34. The maximum atomic E-state index is 12.7. The van der Waals surface area contributed by atoms with Crippen molar-refractivity contribution >= 4 is 39.8 Å². The first-order chi connectivity index (χ1) is 12.5. The van der Waals surface area contributed by atoms with E-state index in [0.29, 0.717) is 22.7 Å². The number of hydrogen-bond donors (Lipinski definition) is 1. The Bertz CT molecular complexity index is 974. The standard InChI is InChI=1S/C22H20ClNO2/c1-14(2)21(25)13-15-10-11-20(19(23)12-15)24-22(26)18-9-5-7-16-6-3-4-8-17(16)18/h3-12,14H,13H2,1-2H3,(H,24,26). The summed E-state index contributed by atoms with van der Waals surface area (Å²) < 4.78 is 0. The van der Waals surface area contributed by atoms with Crippen LogP contribution in [0.1, 0.15) is 29.8 Å². The highest BCUT2D eigenvalue weighted by molar-refractivity contribution is 6.34. The van der Waals surface area contributed by atoms with Gasteiger partial charge in [-0.1, -0.05) is 67.9 Å². The molecule has 0 spiro atoms. The van der Waals surface area contributed by atoms with Crippen LogP contribution in [0.25, 0.3) is 10.8 Å². The molecule has 0 saturated heterocycles. The van der Waals surface area contributed by atoms with E-state index in [2.05, 4.69) is 5.32 Å². The van der Waals surface area contributed by atoms with Crippen LogP contribution < -0.4 is 5.32 Å². The molecule has 0 aliphatic carbocycles. The number of carbonyl (C=O) groups excluding carboxylic acids is 2. The second kappa shape index (κ2) is 7.71. The summed E-state index contributed by atoms with van der Waals surface area (Å²) in [6.45, 7) is 3.76. The van der Waals surface area contributed by atoms with Gasteiger partial charge in [0.1, 0.15) is 5.78 Å². The van der Waals surface area contributed by atoms with Crippen molar-refractivity contribution in [2.75, 3.05) is 5.32 Å². The lowest BCUT2D eigenvalue weighted by Crippen LogP contribution is -2.13. The van der Waals surface area contributed by atoms with Gasteiger partial charge in [-0.3, -0.25) is 9.59 Å². The van der Waals surface area contributed by atoms with Gasteiger partial charge in [0.25, 0.3) is 5.91 Å². The topological polar surface area (TPSA) is 46.2 Å². The number of rotatable bonds is 5. The van der Waals surface area contributed by atoms with Crippen LogP contribution in [-0.4, -0.2) is 11.7 Å². The van der Waals surface area contributed by atoms with Gasteiger partial charge in [0.2, 0.25) is 0 Å². The van der Waals surface area contributed by atoms with Crippen LogP contribution in [0.5, 0.6) is 0 Å². The lowest BCUT2D eigenvalue weighted by molar-refractivity contribution is -0.121. The highest BCUT2D eigenvalue weighted by Crippen LogP contribution is 2.26. The zero-order valence-electron chi connectivity index (χ0n) is 14.8. The Morgan fingerprint density at radius 1 is 1.00 bits per heavy atom. The molecule has 3 aromatic rings. The monoisotopic (exact) mass is 365 g/mol. The van der Waals surface area contributed by atoms with E-state index in [9.17, 15) is 9.59 Å². The average molecular weight is 366 g/mol. The molecule has 1 N–H and O–H groups in total. The summed E-state index contributed by atoms with van der Waals surface area (Å²) in [6.07, 6.45) is 0.342. The van der Waals surface area contributed by atoms with Crippen molar-refractivity contribution in [3.8, 4) is 0 Å². The molecule has 0 radical (unpaired) electrons. The number of fused-ring (bicyclic) bond motifs is 1. The molecule has 0 aliphatic heterocycles. The smallest absolute Gasteiger partial charge is 0.256 e. The van der Waals surface area contributed by atoms with Crippen LogP contribution in [-0.2, 0) is 11.2 Å². The molecule has 132 valence electrons. The van der Waals surface area contributed by atoms with Crippen molar-refractivity contribution in [2.45, 2.75) is 20.3 Å². The highest BCUT2D eigenvalue weighted by atomic mass is 35.5. The summed E-state index contributed by atoms with van der Waals surface area (Å²) in [5.41, 5.74) is 1.97. The summed E-state index contributed by atoms with van der Waals surface area (Å²) >= 11 is 6.32. The van der Waals surface area contributed by atoms with Crippen molar-refractivity contribution < 1.29 is 9.59 Å². The molecule has 0 aliphatic rings. The molecule has 0 unspecified atom stereocenters. The molecule has 0 fully saturated rings. The normalized spacial score (nSPS) is 10.9. The molecule has 0 aromatic heterocycles. The number of halogens is 1. The van der Waals surface area contributed by atoms with Gasteiger partial charge in [0.05, 0.1) is 10.7 Å². The van der Waals surface area contributed by atoms with E-state index >= 15 is 0 Å². The molecular weight excluding hydrogens is 346 g/mol. The zero-order valence-corrected chi connectivity index (χ0v) is 15.5. The van der Waals surface area contributed by atoms with Crippen LogP contribution in [0.2, 0.25) is 5.02 Å². The van der Waals surface area contributed by atoms with E-state index in [1.807, 2.05) is 56.3 Å². The summed E-state index contributed by atoms with van der Waals surface area (Å²) in [4.78, 5) is 24.6. The Balaban J connectivity index is 1.82. The number of benzene rings is 3. The van der Waals surface area contributed by atoms with Gasteiger partial charge in [-0.05, 0) is 34.5 Å². The van der Waals surface area contributed by atoms with E-state index in [0.717, 1.165) is 16.3 Å². The molecule has 26 heavy (non-hydrogen) atoms. The molecule has 0 atom stereocenters. The first-order valence-electron chi connectivity index (χ1n) is 8.56. The summed E-state index contributed by atoms with van der Waals surface area (Å²) in [5, 5.41) is 5.19. The zero-order chi connectivity index (χ0) is 18.7. The molecule has 3 aromatic carbocycles. The number of amides is 1. The fourth-order valence-electron chi connectivity index (χ4n) is 2.79. The lowest BCUT2D eigenvalue weighted by atomic mass is 10.0. The Hall–Kier alpha value is -2.65. The number of carbonyl (C=O) groups is 2. The summed E-state index contributed by atoms with van der Waals surface area (Å²) in [7, 11) is 0. The maximum absolute atomic E-state index is 12.7. The van der Waals surface area contributed by atoms with Crippen molar-refractivity contribution in [1.82, 2.24) is 0 Å². The lowest BCUT2D eigenvalue weighted by Gasteiger charge is -2.11. The quantitative estimate of drug-likeness (QED) is 0.647. The summed E-state index contributed by atoms with van der Waals surface area (Å²) in [5.74, 6) is -0.0668. The molecule has 4 heteroatoms. The molecule has 3 rings (SSSR count). The minimum atomic E-state index is -0.213. The van der Waals surface area contributed by atoms with Crippen LogP contribution >= 0.6 is 11.6 Å². The van der Waals surface area contributed by atoms with Crippen molar-refractivity contribution in [1.29, 1.82) is 0 Å². The third kappa shape index (κ3) is 3.94. The maximum Gasteiger partial charge on any atom is 0.256 e. The minimum absolute atomic E-state index is 0.0143. The Morgan fingerprint density at radius 3 is 2.46 bits per heavy atom. The second-order valence-corrected chi connectivity index (χ2v) is 7.00. The first kappa shape index (κ1) is 18.2. The van der Waals surface area contributed by atoms with Gasteiger partial charge < -0.3 is 5.32 Å². The highest BCUT2D eigenvalue weighted by Gasteiger charge is 2.13. The Morgan fingerprint density at radius 2 is 1.73 bits per heavy atom. The Labute approximate surface area is 158 Å². The fourth-order valence-corrected chi connectivity index (χ4v) is 3.04. The minimum Gasteiger partial charge on any atom is -0.321 e. The molecule has 0 heterocycles. The third-order valence-corrected chi connectivity index (χ3v) is 4.65. The SMILES string of the molecule is CC(C)C(=O)Cc1ccc(NC(=O)c2cccc3ccccc23)c(Cl)c1.